The fourth-order valence-electron chi connectivity index (χ4n) is 2.47. The van der Waals surface area contributed by atoms with E-state index in [1.165, 1.54) is 4.88 Å². The third kappa shape index (κ3) is 4.54. The maximum absolute atomic E-state index is 6.15. The molecule has 3 rings (SSSR count). The maximum atomic E-state index is 6.15. The SMILES string of the molecule is Cc1nc(C)c(CN=C(N)N2CCN(c3nccs3)CC2)s1.I. The van der Waals surface area contributed by atoms with Gasteiger partial charge in [0, 0.05) is 42.6 Å². The molecule has 2 aromatic heterocycles. The molecule has 0 spiro atoms. The van der Waals surface area contributed by atoms with Crippen LogP contribution in [-0.4, -0.2) is 47.0 Å². The van der Waals surface area contributed by atoms with Crippen molar-refractivity contribution >= 4 is 57.7 Å². The Hall–Kier alpha value is -0.940. The van der Waals surface area contributed by atoms with E-state index in [2.05, 4.69) is 24.8 Å². The van der Waals surface area contributed by atoms with E-state index in [0.717, 1.165) is 42.0 Å². The zero-order chi connectivity index (χ0) is 15.5. The van der Waals surface area contributed by atoms with Crippen molar-refractivity contribution in [3.63, 3.8) is 0 Å². The van der Waals surface area contributed by atoms with Crippen molar-refractivity contribution in [2.24, 2.45) is 10.7 Å². The molecule has 0 unspecified atom stereocenters. The number of aromatic nitrogens is 2. The number of hydrogen-bond donors (Lipinski definition) is 1. The predicted octanol–water partition coefficient (Wildman–Crippen LogP) is 2.47. The van der Waals surface area contributed by atoms with Crippen molar-refractivity contribution in [3.8, 4) is 0 Å². The van der Waals surface area contributed by atoms with Gasteiger partial charge in [-0.25, -0.2) is 15.0 Å². The second kappa shape index (κ2) is 8.25. The highest BCUT2D eigenvalue weighted by Gasteiger charge is 2.19. The maximum Gasteiger partial charge on any atom is 0.191 e. The lowest BCUT2D eigenvalue weighted by Crippen LogP contribution is -2.51. The molecule has 9 heteroatoms. The van der Waals surface area contributed by atoms with E-state index >= 15 is 0 Å². The Bertz CT molecular complexity index is 646. The first-order valence-corrected chi connectivity index (χ1v) is 8.95. The van der Waals surface area contributed by atoms with Gasteiger partial charge in [-0.05, 0) is 13.8 Å². The van der Waals surface area contributed by atoms with Crippen LogP contribution in [0.15, 0.2) is 16.6 Å². The Balaban J connectivity index is 0.00000192. The monoisotopic (exact) mass is 464 g/mol. The summed E-state index contributed by atoms with van der Waals surface area (Å²) < 4.78 is 0. The normalized spacial score (nSPS) is 15.7. The van der Waals surface area contributed by atoms with Gasteiger partial charge in [-0.2, -0.15) is 0 Å². The van der Waals surface area contributed by atoms with Crippen LogP contribution in [0.4, 0.5) is 5.13 Å². The fraction of sp³-hybridized carbons (Fsp3) is 0.500. The number of aliphatic imine (C=N–C) groups is 1. The molecule has 0 aliphatic carbocycles. The van der Waals surface area contributed by atoms with Gasteiger partial charge >= 0.3 is 0 Å². The van der Waals surface area contributed by atoms with Crippen LogP contribution in [0.1, 0.15) is 15.6 Å². The molecule has 0 atom stereocenters. The highest BCUT2D eigenvalue weighted by molar-refractivity contribution is 14.0. The van der Waals surface area contributed by atoms with Crippen molar-refractivity contribution in [2.45, 2.75) is 20.4 Å². The van der Waals surface area contributed by atoms with Crippen LogP contribution in [0, 0.1) is 13.8 Å². The highest BCUT2D eigenvalue weighted by Crippen LogP contribution is 2.20. The number of thiazole rings is 2. The van der Waals surface area contributed by atoms with Gasteiger partial charge in [0.25, 0.3) is 0 Å². The van der Waals surface area contributed by atoms with Gasteiger partial charge in [0.05, 0.1) is 17.2 Å². The van der Waals surface area contributed by atoms with Gasteiger partial charge in [-0.1, -0.05) is 0 Å². The summed E-state index contributed by atoms with van der Waals surface area (Å²) in [5, 5.41) is 4.18. The molecule has 0 bridgehead atoms. The molecule has 23 heavy (non-hydrogen) atoms. The Labute approximate surface area is 161 Å². The lowest BCUT2D eigenvalue weighted by Gasteiger charge is -2.35. The molecule has 3 heterocycles. The molecule has 1 fully saturated rings. The molecule has 1 aliphatic heterocycles. The zero-order valence-corrected chi connectivity index (χ0v) is 17.2. The van der Waals surface area contributed by atoms with E-state index < -0.39 is 0 Å². The minimum atomic E-state index is 0. The van der Waals surface area contributed by atoms with Gasteiger partial charge in [0.1, 0.15) is 0 Å². The average Bonchev–Trinajstić information content (AvgIpc) is 3.15. The first-order chi connectivity index (χ1) is 10.6. The molecule has 1 saturated heterocycles. The fourth-order valence-corrected chi connectivity index (χ4v) is 4.03. The van der Waals surface area contributed by atoms with E-state index in [4.69, 9.17) is 5.73 Å². The van der Waals surface area contributed by atoms with Gasteiger partial charge in [0.2, 0.25) is 0 Å². The number of hydrogen-bond acceptors (Lipinski definition) is 6. The third-order valence-corrected chi connectivity index (χ3v) is 5.57. The van der Waals surface area contributed by atoms with Crippen LogP contribution in [0.2, 0.25) is 0 Å². The van der Waals surface area contributed by atoms with Crippen molar-refractivity contribution < 1.29 is 0 Å². The Morgan fingerprint density at radius 3 is 2.61 bits per heavy atom. The summed E-state index contributed by atoms with van der Waals surface area (Å²) in [6, 6.07) is 0. The predicted molar refractivity (Wildman–Crippen MR) is 108 cm³/mol. The Morgan fingerprint density at radius 1 is 1.30 bits per heavy atom. The van der Waals surface area contributed by atoms with Crippen LogP contribution < -0.4 is 10.6 Å². The van der Waals surface area contributed by atoms with Crippen LogP contribution >= 0.6 is 46.7 Å². The minimum Gasteiger partial charge on any atom is -0.370 e. The van der Waals surface area contributed by atoms with E-state index in [9.17, 15) is 0 Å². The Kier molecular flexibility index (Phi) is 6.60. The summed E-state index contributed by atoms with van der Waals surface area (Å²) in [6.07, 6.45) is 1.85. The van der Waals surface area contributed by atoms with E-state index in [-0.39, 0.29) is 24.0 Å². The number of guanidine groups is 1. The molecule has 2 N–H and O–H groups in total. The molecule has 126 valence electrons. The number of nitrogens with zero attached hydrogens (tertiary/aromatic N) is 5. The molecule has 0 amide bonds. The van der Waals surface area contributed by atoms with E-state index in [0.29, 0.717) is 12.5 Å². The summed E-state index contributed by atoms with van der Waals surface area (Å²) in [4.78, 5) is 19.0. The van der Waals surface area contributed by atoms with Gasteiger partial charge in [-0.3, -0.25) is 0 Å². The van der Waals surface area contributed by atoms with Crippen molar-refractivity contribution in [1.29, 1.82) is 0 Å². The number of piperazine rings is 1. The molecular formula is C14H21IN6S2. The van der Waals surface area contributed by atoms with Gasteiger partial charge in [-0.15, -0.1) is 46.7 Å². The summed E-state index contributed by atoms with van der Waals surface area (Å²) >= 11 is 3.37. The van der Waals surface area contributed by atoms with Crippen LogP contribution in [-0.2, 0) is 6.54 Å². The molecule has 0 radical (unpaired) electrons. The highest BCUT2D eigenvalue weighted by atomic mass is 127. The van der Waals surface area contributed by atoms with Crippen molar-refractivity contribution in [3.05, 3.63) is 27.2 Å². The number of halogens is 1. The van der Waals surface area contributed by atoms with Gasteiger partial charge < -0.3 is 15.5 Å². The molecular weight excluding hydrogens is 443 g/mol. The van der Waals surface area contributed by atoms with Crippen LogP contribution in [0.3, 0.4) is 0 Å². The standard InChI is InChI=1S/C14H20N6S2.HI/c1-10-12(22-11(2)18-10)9-17-13(15)19-4-6-20(7-5-19)14-16-3-8-21-14;/h3,8H,4-7,9H2,1-2H3,(H2,15,17);1H. The molecule has 0 aromatic carbocycles. The van der Waals surface area contributed by atoms with Crippen LogP contribution in [0.5, 0.6) is 0 Å². The number of nitrogens with two attached hydrogens (primary N) is 1. The first kappa shape index (κ1) is 18.4. The molecule has 2 aromatic rings. The van der Waals surface area contributed by atoms with Gasteiger partial charge in [0.15, 0.2) is 11.1 Å². The third-order valence-electron chi connectivity index (χ3n) is 3.68. The number of aryl methyl sites for hydroxylation is 2. The molecule has 6 nitrogen and oxygen atoms in total. The largest absolute Gasteiger partial charge is 0.370 e. The number of anilines is 1. The second-order valence-electron chi connectivity index (χ2n) is 5.20. The average molecular weight is 464 g/mol. The van der Waals surface area contributed by atoms with Crippen molar-refractivity contribution in [1.82, 2.24) is 14.9 Å². The summed E-state index contributed by atoms with van der Waals surface area (Å²) in [5.41, 5.74) is 7.21. The summed E-state index contributed by atoms with van der Waals surface area (Å²) in [5.74, 6) is 0.629. The summed E-state index contributed by atoms with van der Waals surface area (Å²) in [7, 11) is 0. The lowest BCUT2D eigenvalue weighted by molar-refractivity contribution is 0.380. The number of rotatable bonds is 3. The minimum absolute atomic E-state index is 0. The van der Waals surface area contributed by atoms with E-state index in [1.54, 1.807) is 22.7 Å². The summed E-state index contributed by atoms with van der Waals surface area (Å²) in [6.45, 7) is 8.30. The van der Waals surface area contributed by atoms with Crippen LogP contribution in [0.25, 0.3) is 0 Å². The topological polar surface area (TPSA) is 70.6 Å². The zero-order valence-electron chi connectivity index (χ0n) is 13.2. The molecule has 0 saturated carbocycles. The van der Waals surface area contributed by atoms with E-state index in [1.807, 2.05) is 25.4 Å². The first-order valence-electron chi connectivity index (χ1n) is 7.25. The lowest BCUT2D eigenvalue weighted by atomic mass is 10.3. The molecule has 1 aliphatic rings. The van der Waals surface area contributed by atoms with Crippen molar-refractivity contribution in [2.75, 3.05) is 31.1 Å². The second-order valence-corrected chi connectivity index (χ2v) is 7.37. The quantitative estimate of drug-likeness (QED) is 0.430. The Morgan fingerprint density at radius 2 is 2.04 bits per heavy atom. The smallest absolute Gasteiger partial charge is 0.191 e.